The Balaban J connectivity index is 0. The normalized spacial score (nSPS) is 8.50. The van der Waals surface area contributed by atoms with Crippen molar-refractivity contribution >= 4 is 23.4 Å². The third-order valence-corrected chi connectivity index (χ3v) is 2.39. The summed E-state index contributed by atoms with van der Waals surface area (Å²) in [6, 6.07) is 0. The third-order valence-electron chi connectivity index (χ3n) is 1.48. The molecule has 94 valence electrons. The van der Waals surface area contributed by atoms with Crippen LogP contribution in [0.2, 0.25) is 5.15 Å². The zero-order chi connectivity index (χ0) is 13.1. The molecule has 1 rings (SSSR count). The van der Waals surface area contributed by atoms with Crippen LogP contribution in [-0.2, 0) is 6.67 Å². The molecule has 0 saturated heterocycles. The smallest absolute Gasteiger partial charge is 0.189 e. The van der Waals surface area contributed by atoms with E-state index in [4.69, 9.17) is 11.6 Å². The molecular weight excluding hydrogens is 247 g/mol. The van der Waals surface area contributed by atoms with E-state index in [1.165, 1.54) is 11.8 Å². The molecule has 0 spiro atoms. The van der Waals surface area contributed by atoms with Gasteiger partial charge in [0.2, 0.25) is 0 Å². The average molecular weight is 267 g/mol. The Morgan fingerprint density at radius 3 is 2.06 bits per heavy atom. The van der Waals surface area contributed by atoms with Crippen molar-refractivity contribution in [2.24, 2.45) is 0 Å². The quantitative estimate of drug-likeness (QED) is 0.441. The van der Waals surface area contributed by atoms with Gasteiger partial charge in [0.15, 0.2) is 5.16 Å². The van der Waals surface area contributed by atoms with Gasteiger partial charge >= 0.3 is 0 Å². The van der Waals surface area contributed by atoms with Gasteiger partial charge in [0.25, 0.3) is 0 Å². The van der Waals surface area contributed by atoms with Crippen LogP contribution in [0.1, 0.15) is 39.0 Å². The minimum Gasteiger partial charge on any atom is -0.244 e. The molecule has 0 fully saturated rings. The third kappa shape index (κ3) is 5.66. The SMILES string of the molecule is CC.CC.CSc1nc(Cl)c(C)c(CF)n1. The first-order chi connectivity index (χ1) is 7.69. The van der Waals surface area contributed by atoms with Crippen LogP contribution in [-0.4, -0.2) is 16.2 Å². The van der Waals surface area contributed by atoms with Crippen molar-refractivity contribution in [2.45, 2.75) is 46.4 Å². The highest BCUT2D eigenvalue weighted by Gasteiger charge is 2.07. The molecule has 16 heavy (non-hydrogen) atoms. The summed E-state index contributed by atoms with van der Waals surface area (Å²) < 4.78 is 12.3. The summed E-state index contributed by atoms with van der Waals surface area (Å²) >= 11 is 7.09. The number of hydrogen-bond donors (Lipinski definition) is 0. The average Bonchev–Trinajstić information content (AvgIpc) is 2.37. The van der Waals surface area contributed by atoms with Gasteiger partial charge in [-0.05, 0) is 13.2 Å². The van der Waals surface area contributed by atoms with Crippen molar-refractivity contribution < 1.29 is 4.39 Å². The fourth-order valence-corrected chi connectivity index (χ4v) is 1.36. The summed E-state index contributed by atoms with van der Waals surface area (Å²) in [6.45, 7) is 9.11. The summed E-state index contributed by atoms with van der Waals surface area (Å²) in [5.74, 6) is 0. The number of hydrogen-bond acceptors (Lipinski definition) is 3. The van der Waals surface area contributed by atoms with Gasteiger partial charge in [0.05, 0.1) is 5.69 Å². The van der Waals surface area contributed by atoms with Gasteiger partial charge in [0.1, 0.15) is 11.8 Å². The van der Waals surface area contributed by atoms with E-state index in [9.17, 15) is 4.39 Å². The molecule has 2 nitrogen and oxygen atoms in total. The van der Waals surface area contributed by atoms with Crippen LogP contribution >= 0.6 is 23.4 Å². The van der Waals surface area contributed by atoms with E-state index in [2.05, 4.69) is 9.97 Å². The highest BCUT2D eigenvalue weighted by molar-refractivity contribution is 7.98. The first-order valence-electron chi connectivity index (χ1n) is 5.32. The Labute approximate surface area is 107 Å². The lowest BCUT2D eigenvalue weighted by Crippen LogP contribution is -1.97. The van der Waals surface area contributed by atoms with Gasteiger partial charge in [-0.1, -0.05) is 51.1 Å². The molecule has 0 aliphatic heterocycles. The minimum atomic E-state index is -0.596. The molecular formula is C11H20ClFN2S. The second-order valence-electron chi connectivity index (χ2n) is 2.21. The van der Waals surface area contributed by atoms with Gasteiger partial charge in [-0.15, -0.1) is 0 Å². The number of thioether (sulfide) groups is 1. The standard InChI is InChI=1S/C7H8ClFN2S.2C2H6/c1-4-5(3-9)10-7(12-2)11-6(4)8;2*1-2/h3H2,1-2H3;2*1-2H3. The zero-order valence-electron chi connectivity index (χ0n) is 10.8. The van der Waals surface area contributed by atoms with E-state index >= 15 is 0 Å². The number of rotatable bonds is 2. The lowest BCUT2D eigenvalue weighted by Gasteiger charge is -2.03. The summed E-state index contributed by atoms with van der Waals surface area (Å²) in [5, 5.41) is 0.847. The molecule has 0 aliphatic carbocycles. The van der Waals surface area contributed by atoms with Crippen molar-refractivity contribution in [3.8, 4) is 0 Å². The molecule has 5 heteroatoms. The highest BCUT2D eigenvalue weighted by Crippen LogP contribution is 2.19. The predicted octanol–water partition coefficient (Wildman–Crippen LogP) is 4.68. The predicted molar refractivity (Wildman–Crippen MR) is 71.1 cm³/mol. The number of nitrogens with zero attached hydrogens (tertiary/aromatic N) is 2. The van der Waals surface area contributed by atoms with Crippen LogP contribution in [0, 0.1) is 6.92 Å². The fraction of sp³-hybridized carbons (Fsp3) is 0.636. The van der Waals surface area contributed by atoms with E-state index in [0.29, 0.717) is 21.6 Å². The second-order valence-corrected chi connectivity index (χ2v) is 3.34. The van der Waals surface area contributed by atoms with E-state index in [0.717, 1.165) is 0 Å². The summed E-state index contributed by atoms with van der Waals surface area (Å²) in [6.07, 6.45) is 1.82. The molecule has 0 amide bonds. The molecule has 0 radical (unpaired) electrons. The van der Waals surface area contributed by atoms with Crippen molar-refractivity contribution in [1.29, 1.82) is 0 Å². The number of halogens is 2. The Bertz CT molecular complexity index is 296. The Morgan fingerprint density at radius 1 is 1.19 bits per heavy atom. The molecule has 0 unspecified atom stereocenters. The van der Waals surface area contributed by atoms with Crippen LogP contribution in [0.25, 0.3) is 0 Å². The van der Waals surface area contributed by atoms with E-state index in [1.807, 2.05) is 34.0 Å². The topological polar surface area (TPSA) is 25.8 Å². The van der Waals surface area contributed by atoms with Crippen LogP contribution in [0.15, 0.2) is 5.16 Å². The van der Waals surface area contributed by atoms with Crippen LogP contribution in [0.5, 0.6) is 0 Å². The van der Waals surface area contributed by atoms with Crippen molar-refractivity contribution in [2.75, 3.05) is 6.26 Å². The first-order valence-corrected chi connectivity index (χ1v) is 6.92. The van der Waals surface area contributed by atoms with Crippen LogP contribution < -0.4 is 0 Å². The van der Waals surface area contributed by atoms with E-state index < -0.39 is 6.67 Å². The summed E-state index contributed by atoms with van der Waals surface area (Å²) in [5.41, 5.74) is 0.997. The monoisotopic (exact) mass is 266 g/mol. The molecule has 0 atom stereocenters. The summed E-state index contributed by atoms with van der Waals surface area (Å²) in [7, 11) is 0. The van der Waals surface area contributed by atoms with E-state index in [-0.39, 0.29) is 0 Å². The van der Waals surface area contributed by atoms with Crippen molar-refractivity contribution in [3.05, 3.63) is 16.4 Å². The first kappa shape index (κ1) is 18.0. The van der Waals surface area contributed by atoms with Crippen molar-refractivity contribution in [3.63, 3.8) is 0 Å². The van der Waals surface area contributed by atoms with E-state index in [1.54, 1.807) is 6.92 Å². The number of alkyl halides is 1. The summed E-state index contributed by atoms with van der Waals surface area (Å²) in [4.78, 5) is 7.91. The maximum atomic E-state index is 12.3. The van der Waals surface area contributed by atoms with Gasteiger partial charge in [-0.25, -0.2) is 14.4 Å². The Hall–Kier alpha value is -0.350. The lowest BCUT2D eigenvalue weighted by atomic mass is 10.3. The zero-order valence-corrected chi connectivity index (χ0v) is 12.3. The maximum absolute atomic E-state index is 12.3. The largest absolute Gasteiger partial charge is 0.244 e. The molecule has 1 aromatic heterocycles. The van der Waals surface area contributed by atoms with Gasteiger partial charge < -0.3 is 0 Å². The second kappa shape index (κ2) is 11.1. The Morgan fingerprint density at radius 2 is 1.69 bits per heavy atom. The lowest BCUT2D eigenvalue weighted by molar-refractivity contribution is 0.470. The molecule has 0 N–H and O–H groups in total. The molecule has 1 aromatic rings. The van der Waals surface area contributed by atoms with Gasteiger partial charge in [0, 0.05) is 5.56 Å². The van der Waals surface area contributed by atoms with Crippen LogP contribution in [0.3, 0.4) is 0 Å². The molecule has 0 aliphatic rings. The fourth-order valence-electron chi connectivity index (χ4n) is 0.733. The van der Waals surface area contributed by atoms with Crippen LogP contribution in [0.4, 0.5) is 4.39 Å². The van der Waals surface area contributed by atoms with Crippen molar-refractivity contribution in [1.82, 2.24) is 9.97 Å². The molecule has 0 aromatic carbocycles. The molecule has 0 saturated carbocycles. The molecule has 1 heterocycles. The minimum absolute atomic E-state index is 0.335. The number of aromatic nitrogens is 2. The van der Waals surface area contributed by atoms with Gasteiger partial charge in [-0.2, -0.15) is 0 Å². The molecule has 0 bridgehead atoms. The van der Waals surface area contributed by atoms with Gasteiger partial charge in [-0.3, -0.25) is 0 Å². The Kier molecular flexibility index (Phi) is 12.6. The highest BCUT2D eigenvalue weighted by atomic mass is 35.5. The maximum Gasteiger partial charge on any atom is 0.189 e.